The van der Waals surface area contributed by atoms with E-state index in [4.69, 9.17) is 4.42 Å². The Morgan fingerprint density at radius 3 is 2.18 bits per heavy atom. The normalized spacial score (nSPS) is 12.8. The maximum Gasteiger partial charge on any atom is 0.418 e. The molecule has 12 heteroatoms. The molecule has 2 aromatic rings. The summed E-state index contributed by atoms with van der Waals surface area (Å²) in [5.41, 5.74) is -4.65. The van der Waals surface area contributed by atoms with Crippen molar-refractivity contribution < 1.29 is 40.7 Å². The summed E-state index contributed by atoms with van der Waals surface area (Å²) in [6.45, 7) is 2.97. The Kier molecular flexibility index (Phi) is 5.95. The molecular weight excluding hydrogens is 414 g/mol. The molecule has 3 N–H and O–H groups in total. The van der Waals surface area contributed by atoms with E-state index in [9.17, 15) is 36.2 Å². The van der Waals surface area contributed by atoms with Gasteiger partial charge in [0.05, 0.1) is 28.7 Å². The monoisotopic (exact) mass is 428 g/mol. The summed E-state index contributed by atoms with van der Waals surface area (Å²) >= 11 is 0.565. The van der Waals surface area contributed by atoms with Crippen LogP contribution in [0, 0.1) is 0 Å². The molecule has 0 saturated carbocycles. The van der Waals surface area contributed by atoms with Gasteiger partial charge in [0, 0.05) is 17.5 Å². The molecule has 0 saturated heterocycles. The highest BCUT2D eigenvalue weighted by atomic mass is 32.2. The van der Waals surface area contributed by atoms with Crippen LogP contribution in [0.1, 0.15) is 30.5 Å². The highest BCUT2D eigenvalue weighted by Crippen LogP contribution is 2.39. The van der Waals surface area contributed by atoms with E-state index >= 15 is 0 Å². The van der Waals surface area contributed by atoms with Gasteiger partial charge in [0.2, 0.25) is 0 Å². The van der Waals surface area contributed by atoms with Gasteiger partial charge in [-0.15, -0.1) is 0 Å². The minimum Gasteiger partial charge on any atom is -0.456 e. The predicted molar refractivity (Wildman–Crippen MR) is 88.4 cm³/mol. The van der Waals surface area contributed by atoms with Crippen LogP contribution >= 0.6 is 11.9 Å². The molecule has 1 aromatic heterocycles. The number of urea groups is 1. The number of benzene rings is 1. The van der Waals surface area contributed by atoms with E-state index in [1.165, 1.54) is 26.2 Å². The van der Waals surface area contributed by atoms with Crippen molar-refractivity contribution in [3.63, 3.8) is 0 Å². The molecule has 0 spiro atoms. The first-order valence-corrected chi connectivity index (χ1v) is 8.33. The van der Waals surface area contributed by atoms with E-state index in [1.54, 1.807) is 5.32 Å². The number of alkyl halides is 6. The third-order valence-corrected chi connectivity index (χ3v) is 4.13. The number of furan rings is 1. The first-order chi connectivity index (χ1) is 12.7. The smallest absolute Gasteiger partial charge is 0.418 e. The average Bonchev–Trinajstić information content (AvgIpc) is 3.00. The molecule has 154 valence electrons. The lowest BCUT2D eigenvalue weighted by Crippen LogP contribution is -2.25. The number of halogens is 6. The molecule has 0 aliphatic rings. The van der Waals surface area contributed by atoms with Crippen molar-refractivity contribution in [1.82, 2.24) is 4.72 Å². The Morgan fingerprint density at radius 2 is 1.68 bits per heavy atom. The van der Waals surface area contributed by atoms with Crippen LogP contribution in [0.3, 0.4) is 0 Å². The van der Waals surface area contributed by atoms with Gasteiger partial charge >= 0.3 is 18.4 Å². The highest BCUT2D eigenvalue weighted by Gasteiger charge is 2.37. The van der Waals surface area contributed by atoms with Crippen molar-refractivity contribution >= 4 is 23.7 Å². The van der Waals surface area contributed by atoms with Crippen LogP contribution < -0.4 is 10.0 Å². The number of anilines is 1. The SMILES string of the molecule is CC(C)(O)c1coc(SNC(=O)Nc2cc(C(F)(F)F)ccc2C(F)(F)F)c1. The van der Waals surface area contributed by atoms with Crippen LogP contribution in [-0.2, 0) is 18.0 Å². The van der Waals surface area contributed by atoms with E-state index in [2.05, 4.69) is 4.72 Å². The van der Waals surface area contributed by atoms with E-state index in [-0.39, 0.29) is 23.3 Å². The Hall–Kier alpha value is -2.34. The number of carbonyl (C=O) groups excluding carboxylic acids is 1. The largest absolute Gasteiger partial charge is 0.456 e. The van der Waals surface area contributed by atoms with E-state index in [1.807, 2.05) is 0 Å². The van der Waals surface area contributed by atoms with Crippen molar-refractivity contribution in [3.05, 3.63) is 47.2 Å². The number of nitrogens with one attached hydrogen (secondary N) is 2. The van der Waals surface area contributed by atoms with Crippen LogP contribution in [0.2, 0.25) is 0 Å². The second kappa shape index (κ2) is 7.59. The van der Waals surface area contributed by atoms with Gasteiger partial charge in [0.25, 0.3) is 0 Å². The average molecular weight is 428 g/mol. The lowest BCUT2D eigenvalue weighted by molar-refractivity contribution is -0.140. The van der Waals surface area contributed by atoms with Gasteiger partial charge < -0.3 is 14.8 Å². The summed E-state index contributed by atoms with van der Waals surface area (Å²) < 4.78 is 84.4. The van der Waals surface area contributed by atoms with E-state index < -0.39 is 40.8 Å². The zero-order chi connectivity index (χ0) is 21.3. The maximum absolute atomic E-state index is 13.0. The number of aliphatic hydroxyl groups is 1. The number of rotatable bonds is 4. The Bertz CT molecular complexity index is 855. The van der Waals surface area contributed by atoms with Gasteiger partial charge in [-0.25, -0.2) is 4.79 Å². The lowest BCUT2D eigenvalue weighted by Gasteiger charge is -2.16. The minimum atomic E-state index is -4.97. The van der Waals surface area contributed by atoms with Crippen LogP contribution in [0.4, 0.5) is 36.8 Å². The molecular formula is C16H14F6N2O3S. The van der Waals surface area contributed by atoms with Gasteiger partial charge in [-0.1, -0.05) is 0 Å². The summed E-state index contributed by atoms with van der Waals surface area (Å²) in [5, 5.41) is 11.7. The van der Waals surface area contributed by atoms with Gasteiger partial charge in [-0.3, -0.25) is 4.72 Å². The zero-order valence-corrected chi connectivity index (χ0v) is 15.1. The van der Waals surface area contributed by atoms with Crippen molar-refractivity contribution in [1.29, 1.82) is 0 Å². The highest BCUT2D eigenvalue weighted by molar-refractivity contribution is 7.97. The zero-order valence-electron chi connectivity index (χ0n) is 14.3. The van der Waals surface area contributed by atoms with E-state index in [0.29, 0.717) is 17.5 Å². The topological polar surface area (TPSA) is 74.5 Å². The molecule has 0 aliphatic carbocycles. The predicted octanol–water partition coefficient (Wildman–Crippen LogP) is 5.37. The fraction of sp³-hybridized carbons (Fsp3) is 0.312. The van der Waals surface area contributed by atoms with Gasteiger partial charge in [0.1, 0.15) is 0 Å². The molecule has 1 heterocycles. The molecule has 0 radical (unpaired) electrons. The van der Waals surface area contributed by atoms with Crippen molar-refractivity contribution in [3.8, 4) is 0 Å². The van der Waals surface area contributed by atoms with Crippen LogP contribution in [0.15, 0.2) is 40.0 Å². The van der Waals surface area contributed by atoms with Gasteiger partial charge in [-0.05, 0) is 38.1 Å². The summed E-state index contributed by atoms with van der Waals surface area (Å²) in [4.78, 5) is 11.8. The fourth-order valence-electron chi connectivity index (χ4n) is 2.01. The second-order valence-electron chi connectivity index (χ2n) is 6.13. The van der Waals surface area contributed by atoms with Gasteiger partial charge in [-0.2, -0.15) is 26.3 Å². The Morgan fingerprint density at radius 1 is 1.04 bits per heavy atom. The summed E-state index contributed by atoms with van der Waals surface area (Å²) in [5.74, 6) is 0. The lowest BCUT2D eigenvalue weighted by atomic mass is 10.0. The molecule has 0 aliphatic heterocycles. The third kappa shape index (κ3) is 5.58. The number of hydrogen-bond donors (Lipinski definition) is 3. The molecule has 0 fully saturated rings. The summed E-state index contributed by atoms with van der Waals surface area (Å²) in [6.07, 6.45) is -8.63. The third-order valence-electron chi connectivity index (χ3n) is 3.43. The number of hydrogen-bond acceptors (Lipinski definition) is 4. The van der Waals surface area contributed by atoms with Crippen LogP contribution in [-0.4, -0.2) is 11.1 Å². The molecule has 2 amide bonds. The number of carbonyl (C=O) groups is 1. The first-order valence-electron chi connectivity index (χ1n) is 7.51. The molecule has 0 unspecified atom stereocenters. The first kappa shape index (κ1) is 22.0. The Balaban J connectivity index is 2.15. The van der Waals surface area contributed by atoms with Crippen molar-refractivity contribution in [2.24, 2.45) is 0 Å². The fourth-order valence-corrected chi connectivity index (χ4v) is 2.53. The summed E-state index contributed by atoms with van der Waals surface area (Å²) in [7, 11) is 0. The summed E-state index contributed by atoms with van der Waals surface area (Å²) in [6, 6.07) is 0.911. The second-order valence-corrected chi connectivity index (χ2v) is 6.94. The maximum atomic E-state index is 13.0. The minimum absolute atomic E-state index is 0.104. The van der Waals surface area contributed by atoms with Crippen molar-refractivity contribution in [2.45, 2.75) is 36.9 Å². The van der Waals surface area contributed by atoms with Crippen molar-refractivity contribution in [2.75, 3.05) is 5.32 Å². The van der Waals surface area contributed by atoms with E-state index in [0.717, 1.165) is 0 Å². The Labute approximate surface area is 159 Å². The van der Waals surface area contributed by atoms with Crippen LogP contribution in [0.5, 0.6) is 0 Å². The molecule has 0 atom stereocenters. The molecule has 0 bridgehead atoms. The van der Waals surface area contributed by atoms with Gasteiger partial charge in [0.15, 0.2) is 5.09 Å². The molecule has 2 rings (SSSR count). The number of amides is 2. The standard InChI is InChI=1S/C16H14F6N2O3S/c1-14(2,26)9-6-12(27-7-9)28-24-13(25)23-11-5-8(15(17,18)19)3-4-10(11)16(20,21)22/h3-7,26H,1-2H3,(H2,23,24,25). The molecule has 5 nitrogen and oxygen atoms in total. The molecule has 28 heavy (non-hydrogen) atoms. The quantitative estimate of drug-likeness (QED) is 0.452. The van der Waals surface area contributed by atoms with Crippen LogP contribution in [0.25, 0.3) is 0 Å². The molecule has 1 aromatic carbocycles.